The minimum atomic E-state index is 0.867. The quantitative estimate of drug-likeness (QED) is 0.197. The van der Waals surface area contributed by atoms with Crippen molar-refractivity contribution in [2.75, 3.05) is 0 Å². The van der Waals surface area contributed by atoms with Gasteiger partial charge in [0.15, 0.2) is 0 Å². The van der Waals surface area contributed by atoms with Gasteiger partial charge in [0.05, 0.1) is 0 Å². The van der Waals surface area contributed by atoms with Crippen LogP contribution >= 0.6 is 0 Å². The van der Waals surface area contributed by atoms with Crippen LogP contribution in [-0.4, -0.2) is 0 Å². The Hall–Kier alpha value is -5.86. The average Bonchev–Trinajstić information content (AvgIpc) is 3.65. The number of fused-ring (bicyclic) bond motifs is 11. The van der Waals surface area contributed by atoms with Gasteiger partial charge in [-0.15, -0.1) is 0 Å². The first kappa shape index (κ1) is 23.7. The molecule has 2 aromatic heterocycles. The fourth-order valence-electron chi connectivity index (χ4n) is 7.37. The highest BCUT2D eigenvalue weighted by molar-refractivity contribution is 6.28. The van der Waals surface area contributed by atoms with Gasteiger partial charge in [0, 0.05) is 26.9 Å². The fraction of sp³-hybridized carbons (Fsp3) is 0. The summed E-state index contributed by atoms with van der Waals surface area (Å²) in [5.41, 5.74) is 8.42. The predicted octanol–water partition coefficient (Wildman–Crippen LogP) is 12.3. The van der Waals surface area contributed by atoms with Crippen LogP contribution in [0.5, 0.6) is 0 Å². The first-order chi connectivity index (χ1) is 21.8. The van der Waals surface area contributed by atoms with Crippen molar-refractivity contribution >= 4 is 76.2 Å². The van der Waals surface area contributed by atoms with E-state index in [0.717, 1.165) is 60.2 Å². The number of rotatable bonds is 2. The Balaban J connectivity index is 1.29. The van der Waals surface area contributed by atoms with Crippen molar-refractivity contribution in [2.45, 2.75) is 0 Å². The molecule has 0 N–H and O–H groups in total. The predicted molar refractivity (Wildman–Crippen MR) is 184 cm³/mol. The van der Waals surface area contributed by atoms with Crippen molar-refractivity contribution < 1.29 is 8.83 Å². The van der Waals surface area contributed by atoms with Gasteiger partial charge in [0.1, 0.15) is 22.3 Å². The summed E-state index contributed by atoms with van der Waals surface area (Å²) in [7, 11) is 0. The van der Waals surface area contributed by atoms with Crippen molar-refractivity contribution in [3.05, 3.63) is 146 Å². The average molecular weight is 561 g/mol. The molecule has 2 nitrogen and oxygen atoms in total. The molecular weight excluding hydrogens is 536 g/mol. The lowest BCUT2D eigenvalue weighted by Crippen LogP contribution is -1.90. The van der Waals surface area contributed by atoms with E-state index in [1.807, 2.05) is 12.1 Å². The number of para-hydroxylation sites is 1. The highest BCUT2D eigenvalue weighted by Gasteiger charge is 2.20. The molecule has 10 rings (SSSR count). The second-order valence-electron chi connectivity index (χ2n) is 11.6. The molecule has 0 spiro atoms. The number of furan rings is 2. The largest absolute Gasteiger partial charge is 0.456 e. The molecular formula is C42H24O2. The van der Waals surface area contributed by atoms with Crippen LogP contribution in [0.25, 0.3) is 98.4 Å². The van der Waals surface area contributed by atoms with Crippen LogP contribution in [0.1, 0.15) is 0 Å². The van der Waals surface area contributed by atoms with Crippen LogP contribution in [-0.2, 0) is 0 Å². The molecule has 2 heteroatoms. The number of hydrogen-bond donors (Lipinski definition) is 0. The summed E-state index contributed by atoms with van der Waals surface area (Å²) < 4.78 is 13.1. The molecule has 0 amide bonds. The van der Waals surface area contributed by atoms with Crippen LogP contribution in [0, 0.1) is 0 Å². The standard InChI is InChI=1S/C42H24O2/c1-2-10-25(11-3-1)38-29-13-4-6-15-31(29)39(32-16-7-5-14-30(32)38)27-19-22-34-37(24-27)43-36-23-20-26-18-21-33-28-12-8-9-17-35(28)44-42(33)40(26)41(34)36/h1-24H. The molecule has 0 saturated carbocycles. The molecule has 0 saturated heterocycles. The third-order valence-corrected chi connectivity index (χ3v) is 9.24. The van der Waals surface area contributed by atoms with E-state index in [1.165, 1.54) is 38.2 Å². The Morgan fingerprint density at radius 2 is 0.909 bits per heavy atom. The smallest absolute Gasteiger partial charge is 0.144 e. The van der Waals surface area contributed by atoms with Gasteiger partial charge >= 0.3 is 0 Å². The van der Waals surface area contributed by atoms with E-state index in [4.69, 9.17) is 8.83 Å². The lowest BCUT2D eigenvalue weighted by atomic mass is 9.86. The van der Waals surface area contributed by atoms with Gasteiger partial charge in [0.25, 0.3) is 0 Å². The maximum absolute atomic E-state index is 6.62. The summed E-state index contributed by atoms with van der Waals surface area (Å²) in [6.45, 7) is 0. The minimum absolute atomic E-state index is 0.867. The minimum Gasteiger partial charge on any atom is -0.456 e. The lowest BCUT2D eigenvalue weighted by Gasteiger charge is -2.17. The van der Waals surface area contributed by atoms with Crippen molar-refractivity contribution in [1.82, 2.24) is 0 Å². The summed E-state index contributed by atoms with van der Waals surface area (Å²) in [4.78, 5) is 0. The SMILES string of the molecule is c1ccc(-c2c3ccccc3c(-c3ccc4c(c3)oc3ccc5ccc6c7ccccc7oc6c5c34)c3ccccc23)cc1. The Morgan fingerprint density at radius 3 is 1.64 bits per heavy atom. The molecule has 0 fully saturated rings. The molecule has 8 aromatic carbocycles. The molecule has 2 heterocycles. The van der Waals surface area contributed by atoms with Crippen molar-refractivity contribution in [3.63, 3.8) is 0 Å². The van der Waals surface area contributed by atoms with E-state index in [0.29, 0.717) is 0 Å². The van der Waals surface area contributed by atoms with E-state index in [-0.39, 0.29) is 0 Å². The Morgan fingerprint density at radius 1 is 0.318 bits per heavy atom. The van der Waals surface area contributed by atoms with Gasteiger partial charge in [-0.25, -0.2) is 0 Å². The van der Waals surface area contributed by atoms with E-state index in [2.05, 4.69) is 133 Å². The molecule has 0 aliphatic rings. The van der Waals surface area contributed by atoms with Gasteiger partial charge in [-0.3, -0.25) is 0 Å². The topological polar surface area (TPSA) is 26.3 Å². The summed E-state index contributed by atoms with van der Waals surface area (Å²) in [6.07, 6.45) is 0. The summed E-state index contributed by atoms with van der Waals surface area (Å²) in [5.74, 6) is 0. The van der Waals surface area contributed by atoms with E-state index in [1.54, 1.807) is 0 Å². The maximum atomic E-state index is 6.62. The lowest BCUT2D eigenvalue weighted by molar-refractivity contribution is 0.668. The first-order valence-electron chi connectivity index (χ1n) is 15.0. The summed E-state index contributed by atoms with van der Waals surface area (Å²) >= 11 is 0. The van der Waals surface area contributed by atoms with Crippen LogP contribution in [0.2, 0.25) is 0 Å². The monoisotopic (exact) mass is 560 g/mol. The normalized spacial score (nSPS) is 12.1. The van der Waals surface area contributed by atoms with Crippen molar-refractivity contribution in [3.8, 4) is 22.3 Å². The molecule has 0 bridgehead atoms. The maximum Gasteiger partial charge on any atom is 0.144 e. The van der Waals surface area contributed by atoms with Crippen molar-refractivity contribution in [1.29, 1.82) is 0 Å². The molecule has 10 aromatic rings. The summed E-state index contributed by atoms with van der Waals surface area (Å²) in [5, 5.41) is 11.7. The third-order valence-electron chi connectivity index (χ3n) is 9.24. The molecule has 0 aliphatic heterocycles. The van der Waals surface area contributed by atoms with E-state index >= 15 is 0 Å². The molecule has 0 aliphatic carbocycles. The number of hydrogen-bond acceptors (Lipinski definition) is 2. The van der Waals surface area contributed by atoms with Crippen LogP contribution in [0.4, 0.5) is 0 Å². The molecule has 204 valence electrons. The molecule has 0 radical (unpaired) electrons. The number of benzene rings is 8. The zero-order valence-corrected chi connectivity index (χ0v) is 23.7. The van der Waals surface area contributed by atoms with Gasteiger partial charge in [-0.05, 0) is 79.5 Å². The van der Waals surface area contributed by atoms with Crippen LogP contribution in [0.15, 0.2) is 154 Å². The van der Waals surface area contributed by atoms with Crippen LogP contribution in [0.3, 0.4) is 0 Å². The van der Waals surface area contributed by atoms with Gasteiger partial charge in [0.2, 0.25) is 0 Å². The first-order valence-corrected chi connectivity index (χ1v) is 15.0. The highest BCUT2D eigenvalue weighted by Crippen LogP contribution is 2.46. The highest BCUT2D eigenvalue weighted by atomic mass is 16.3. The van der Waals surface area contributed by atoms with E-state index < -0.39 is 0 Å². The van der Waals surface area contributed by atoms with Gasteiger partial charge < -0.3 is 8.83 Å². The van der Waals surface area contributed by atoms with E-state index in [9.17, 15) is 0 Å². The Kier molecular flexibility index (Phi) is 4.75. The molecule has 44 heavy (non-hydrogen) atoms. The fourth-order valence-corrected chi connectivity index (χ4v) is 7.37. The Bertz CT molecular complexity index is 2700. The van der Waals surface area contributed by atoms with Crippen molar-refractivity contribution in [2.24, 2.45) is 0 Å². The van der Waals surface area contributed by atoms with Gasteiger partial charge in [-0.1, -0.05) is 115 Å². The summed E-state index contributed by atoms with van der Waals surface area (Å²) in [6, 6.07) is 51.8. The zero-order valence-electron chi connectivity index (χ0n) is 23.7. The molecule has 0 unspecified atom stereocenters. The van der Waals surface area contributed by atoms with Gasteiger partial charge in [-0.2, -0.15) is 0 Å². The zero-order chi connectivity index (χ0) is 28.8. The second-order valence-corrected chi connectivity index (χ2v) is 11.6. The third kappa shape index (κ3) is 3.20. The second kappa shape index (κ2) is 8.82. The molecule has 0 atom stereocenters. The Labute approximate surface area is 252 Å². The van der Waals surface area contributed by atoms with Crippen LogP contribution < -0.4 is 0 Å².